The van der Waals surface area contributed by atoms with Gasteiger partial charge in [0, 0.05) is 17.1 Å². The number of hydrogen-bond acceptors (Lipinski definition) is 1. The maximum Gasteiger partial charge on any atom is 0.123 e. The SMILES string of the molecule is Cc1ccc(N(c2ccccc2)c2ccc(-c3cccc(F)c3)cc2)cc1. The molecule has 4 rings (SSSR count). The maximum absolute atomic E-state index is 13.5. The largest absolute Gasteiger partial charge is 0.311 e. The van der Waals surface area contributed by atoms with Gasteiger partial charge in [-0.25, -0.2) is 4.39 Å². The van der Waals surface area contributed by atoms with Crippen LogP contribution in [0.15, 0.2) is 103 Å². The van der Waals surface area contributed by atoms with Crippen LogP contribution in [-0.2, 0) is 0 Å². The van der Waals surface area contributed by atoms with Gasteiger partial charge in [0.1, 0.15) is 5.82 Å². The summed E-state index contributed by atoms with van der Waals surface area (Å²) in [5.74, 6) is -0.220. The van der Waals surface area contributed by atoms with Crippen LogP contribution in [0.3, 0.4) is 0 Å². The van der Waals surface area contributed by atoms with E-state index in [0.717, 1.165) is 28.2 Å². The van der Waals surface area contributed by atoms with Crippen molar-refractivity contribution in [3.63, 3.8) is 0 Å². The summed E-state index contributed by atoms with van der Waals surface area (Å²) in [6.45, 7) is 2.09. The Morgan fingerprint density at radius 1 is 0.556 bits per heavy atom. The summed E-state index contributed by atoms with van der Waals surface area (Å²) >= 11 is 0. The van der Waals surface area contributed by atoms with E-state index < -0.39 is 0 Å². The number of anilines is 3. The van der Waals surface area contributed by atoms with Gasteiger partial charge in [0.2, 0.25) is 0 Å². The molecule has 4 aromatic rings. The quantitative estimate of drug-likeness (QED) is 0.373. The summed E-state index contributed by atoms with van der Waals surface area (Å²) in [5, 5.41) is 0. The monoisotopic (exact) mass is 353 g/mol. The van der Waals surface area contributed by atoms with Crippen molar-refractivity contribution in [2.24, 2.45) is 0 Å². The lowest BCUT2D eigenvalue weighted by Crippen LogP contribution is -2.09. The van der Waals surface area contributed by atoms with Gasteiger partial charge in [0.15, 0.2) is 0 Å². The normalized spacial score (nSPS) is 10.6. The molecular formula is C25H20FN. The van der Waals surface area contributed by atoms with E-state index in [4.69, 9.17) is 0 Å². The molecule has 0 spiro atoms. The minimum absolute atomic E-state index is 0.220. The molecule has 4 aromatic carbocycles. The fraction of sp³-hybridized carbons (Fsp3) is 0.0400. The van der Waals surface area contributed by atoms with Gasteiger partial charge in [-0.1, -0.05) is 60.2 Å². The highest BCUT2D eigenvalue weighted by atomic mass is 19.1. The number of halogens is 1. The van der Waals surface area contributed by atoms with Crippen LogP contribution in [0.25, 0.3) is 11.1 Å². The van der Waals surface area contributed by atoms with E-state index in [0.29, 0.717) is 0 Å². The highest BCUT2D eigenvalue weighted by molar-refractivity contribution is 5.78. The Hall–Kier alpha value is -3.39. The molecule has 0 unspecified atom stereocenters. The average Bonchev–Trinajstić information content (AvgIpc) is 2.71. The molecule has 27 heavy (non-hydrogen) atoms. The molecule has 0 aromatic heterocycles. The Balaban J connectivity index is 1.75. The van der Waals surface area contributed by atoms with Crippen LogP contribution in [0.2, 0.25) is 0 Å². The molecule has 0 aliphatic rings. The fourth-order valence-electron chi connectivity index (χ4n) is 3.19. The van der Waals surface area contributed by atoms with Gasteiger partial charge >= 0.3 is 0 Å². The molecule has 0 saturated heterocycles. The second-order valence-electron chi connectivity index (χ2n) is 6.56. The van der Waals surface area contributed by atoms with E-state index in [1.165, 1.54) is 11.6 Å². The lowest BCUT2D eigenvalue weighted by molar-refractivity contribution is 0.628. The van der Waals surface area contributed by atoms with Crippen molar-refractivity contribution in [1.82, 2.24) is 0 Å². The van der Waals surface area contributed by atoms with Crippen molar-refractivity contribution >= 4 is 17.1 Å². The van der Waals surface area contributed by atoms with Gasteiger partial charge < -0.3 is 4.90 Å². The Labute approximate surface area is 159 Å². The molecule has 0 amide bonds. The highest BCUT2D eigenvalue weighted by Crippen LogP contribution is 2.35. The first-order chi connectivity index (χ1) is 13.2. The molecule has 0 N–H and O–H groups in total. The van der Waals surface area contributed by atoms with Crippen LogP contribution < -0.4 is 4.90 Å². The van der Waals surface area contributed by atoms with Crippen LogP contribution >= 0.6 is 0 Å². The van der Waals surface area contributed by atoms with Crippen LogP contribution in [0.1, 0.15) is 5.56 Å². The van der Waals surface area contributed by atoms with Crippen LogP contribution in [0.4, 0.5) is 21.5 Å². The summed E-state index contributed by atoms with van der Waals surface area (Å²) in [6, 6.07) is 33.7. The van der Waals surface area contributed by atoms with E-state index in [1.807, 2.05) is 36.4 Å². The minimum Gasteiger partial charge on any atom is -0.311 e. The number of nitrogens with zero attached hydrogens (tertiary/aromatic N) is 1. The zero-order chi connectivity index (χ0) is 18.6. The predicted octanol–water partition coefficient (Wildman–Crippen LogP) is 7.27. The Kier molecular flexibility index (Phi) is 4.71. The van der Waals surface area contributed by atoms with Crippen LogP contribution in [0, 0.1) is 12.7 Å². The summed E-state index contributed by atoms with van der Waals surface area (Å²) in [4.78, 5) is 2.22. The fourth-order valence-corrected chi connectivity index (χ4v) is 3.19. The van der Waals surface area contributed by atoms with Crippen molar-refractivity contribution in [3.8, 4) is 11.1 Å². The third-order valence-corrected chi connectivity index (χ3v) is 4.59. The molecule has 0 saturated carbocycles. The molecule has 0 aliphatic heterocycles. The van der Waals surface area contributed by atoms with Crippen molar-refractivity contribution < 1.29 is 4.39 Å². The zero-order valence-corrected chi connectivity index (χ0v) is 15.1. The summed E-state index contributed by atoms with van der Waals surface area (Å²) in [6.07, 6.45) is 0. The number of benzene rings is 4. The van der Waals surface area contributed by atoms with Crippen molar-refractivity contribution in [3.05, 3.63) is 115 Å². The van der Waals surface area contributed by atoms with E-state index in [2.05, 4.69) is 60.4 Å². The zero-order valence-electron chi connectivity index (χ0n) is 15.1. The van der Waals surface area contributed by atoms with Gasteiger partial charge in [-0.3, -0.25) is 0 Å². The molecule has 0 aliphatic carbocycles. The molecule has 2 heteroatoms. The minimum atomic E-state index is -0.220. The van der Waals surface area contributed by atoms with Crippen molar-refractivity contribution in [2.45, 2.75) is 6.92 Å². The average molecular weight is 353 g/mol. The van der Waals surface area contributed by atoms with E-state index in [1.54, 1.807) is 12.1 Å². The summed E-state index contributed by atoms with van der Waals surface area (Å²) in [7, 11) is 0. The van der Waals surface area contributed by atoms with Crippen LogP contribution in [-0.4, -0.2) is 0 Å². The number of hydrogen-bond donors (Lipinski definition) is 0. The third-order valence-electron chi connectivity index (χ3n) is 4.59. The van der Waals surface area contributed by atoms with Gasteiger partial charge in [-0.2, -0.15) is 0 Å². The first kappa shape index (κ1) is 17.0. The Morgan fingerprint density at radius 2 is 1.15 bits per heavy atom. The molecule has 0 heterocycles. The second-order valence-corrected chi connectivity index (χ2v) is 6.56. The molecule has 0 atom stereocenters. The summed E-state index contributed by atoms with van der Waals surface area (Å²) < 4.78 is 13.5. The standard InChI is InChI=1S/C25H20FN/c1-19-10-14-24(15-11-19)27(23-8-3-2-4-9-23)25-16-12-20(13-17-25)21-6-5-7-22(26)18-21/h2-18H,1H3. The van der Waals surface area contributed by atoms with E-state index >= 15 is 0 Å². The molecular weight excluding hydrogens is 333 g/mol. The van der Waals surface area contributed by atoms with E-state index in [-0.39, 0.29) is 5.82 Å². The Morgan fingerprint density at radius 3 is 1.78 bits per heavy atom. The topological polar surface area (TPSA) is 3.24 Å². The molecule has 0 fully saturated rings. The van der Waals surface area contributed by atoms with Gasteiger partial charge in [-0.05, 0) is 66.6 Å². The summed E-state index contributed by atoms with van der Waals surface area (Å²) in [5.41, 5.74) is 6.36. The number of aryl methyl sites for hydroxylation is 1. The highest BCUT2D eigenvalue weighted by Gasteiger charge is 2.12. The van der Waals surface area contributed by atoms with Crippen molar-refractivity contribution in [2.75, 3.05) is 4.90 Å². The number of para-hydroxylation sites is 1. The predicted molar refractivity (Wildman–Crippen MR) is 111 cm³/mol. The maximum atomic E-state index is 13.5. The first-order valence-electron chi connectivity index (χ1n) is 8.98. The van der Waals surface area contributed by atoms with Crippen LogP contribution in [0.5, 0.6) is 0 Å². The Bertz CT molecular complexity index is 1020. The lowest BCUT2D eigenvalue weighted by atomic mass is 10.0. The smallest absolute Gasteiger partial charge is 0.123 e. The van der Waals surface area contributed by atoms with Gasteiger partial charge in [0.25, 0.3) is 0 Å². The molecule has 1 nitrogen and oxygen atoms in total. The van der Waals surface area contributed by atoms with E-state index in [9.17, 15) is 4.39 Å². The number of rotatable bonds is 4. The lowest BCUT2D eigenvalue weighted by Gasteiger charge is -2.25. The molecule has 132 valence electrons. The van der Waals surface area contributed by atoms with Crippen molar-refractivity contribution in [1.29, 1.82) is 0 Å². The first-order valence-corrected chi connectivity index (χ1v) is 8.98. The second kappa shape index (κ2) is 7.46. The molecule has 0 bridgehead atoms. The molecule has 0 radical (unpaired) electrons. The van der Waals surface area contributed by atoms with Gasteiger partial charge in [0.05, 0.1) is 0 Å². The third kappa shape index (κ3) is 3.75. The van der Waals surface area contributed by atoms with Gasteiger partial charge in [-0.15, -0.1) is 0 Å².